The van der Waals surface area contributed by atoms with E-state index in [0.29, 0.717) is 25.2 Å². The van der Waals surface area contributed by atoms with E-state index in [1.165, 1.54) is 19.0 Å². The molecule has 0 aromatic rings. The van der Waals surface area contributed by atoms with Crippen LogP contribution in [0.4, 0.5) is 0 Å². The van der Waals surface area contributed by atoms with Crippen molar-refractivity contribution >= 4 is 34.1 Å². The predicted octanol–water partition coefficient (Wildman–Crippen LogP) is 2.46. The Morgan fingerprint density at radius 3 is 2.00 bits per heavy atom. The lowest BCUT2D eigenvalue weighted by molar-refractivity contribution is -0.150. The highest BCUT2D eigenvalue weighted by Crippen LogP contribution is 2.13. The highest BCUT2D eigenvalue weighted by Gasteiger charge is 2.22. The Labute approximate surface area is 160 Å². The van der Waals surface area contributed by atoms with Gasteiger partial charge in [-0.2, -0.15) is 8.42 Å². The SMILES string of the molecule is CCOC(=O)C(C)OSCCCCCCS(=O)(=O)OC(C)C(=O)OCC. The second-order valence-corrected chi connectivity index (χ2v) is 8.03. The van der Waals surface area contributed by atoms with Gasteiger partial charge in [0, 0.05) is 5.75 Å². The molecular weight excluding hydrogens is 384 g/mol. The summed E-state index contributed by atoms with van der Waals surface area (Å²) in [6.07, 6.45) is 1.08. The van der Waals surface area contributed by atoms with Gasteiger partial charge in [0.1, 0.15) is 0 Å². The minimum absolute atomic E-state index is 0.139. The maximum Gasteiger partial charge on any atom is 0.336 e. The topological polar surface area (TPSA) is 105 Å². The zero-order chi connectivity index (χ0) is 20.0. The number of esters is 2. The van der Waals surface area contributed by atoms with Gasteiger partial charge < -0.3 is 13.7 Å². The van der Waals surface area contributed by atoms with E-state index < -0.39 is 28.3 Å². The van der Waals surface area contributed by atoms with Crippen LogP contribution in [0.25, 0.3) is 0 Å². The summed E-state index contributed by atoms with van der Waals surface area (Å²) in [5.41, 5.74) is 0. The van der Waals surface area contributed by atoms with Crippen LogP contribution in [0.3, 0.4) is 0 Å². The molecule has 0 bridgehead atoms. The molecule has 0 aromatic carbocycles. The Kier molecular flexibility index (Phi) is 13.8. The Morgan fingerprint density at radius 1 is 0.885 bits per heavy atom. The van der Waals surface area contributed by atoms with Gasteiger partial charge in [0.25, 0.3) is 10.1 Å². The van der Waals surface area contributed by atoms with Crippen molar-refractivity contribution in [1.29, 1.82) is 0 Å². The summed E-state index contributed by atoms with van der Waals surface area (Å²) in [5.74, 6) is -0.514. The molecule has 2 atom stereocenters. The molecule has 2 unspecified atom stereocenters. The number of unbranched alkanes of at least 4 members (excludes halogenated alkanes) is 3. The first-order chi connectivity index (χ1) is 12.2. The first kappa shape index (κ1) is 25.2. The van der Waals surface area contributed by atoms with Crippen molar-refractivity contribution in [3.05, 3.63) is 0 Å². The van der Waals surface area contributed by atoms with Crippen molar-refractivity contribution in [2.24, 2.45) is 0 Å². The average molecular weight is 415 g/mol. The predicted molar refractivity (Wildman–Crippen MR) is 99.1 cm³/mol. The lowest BCUT2D eigenvalue weighted by Crippen LogP contribution is -2.27. The fraction of sp³-hybridized carbons (Fsp3) is 0.875. The first-order valence-corrected chi connectivity index (χ1v) is 11.2. The van der Waals surface area contributed by atoms with Crippen molar-refractivity contribution in [3.8, 4) is 0 Å². The van der Waals surface area contributed by atoms with Gasteiger partial charge in [-0.05, 0) is 52.6 Å². The molecule has 0 saturated carbocycles. The molecule has 0 aliphatic heterocycles. The van der Waals surface area contributed by atoms with E-state index in [4.69, 9.17) is 17.8 Å². The standard InChI is InChI=1S/C16H30O8S2/c1-5-21-15(17)13(3)23-25-11-9-7-8-10-12-26(19,20)24-14(4)16(18)22-6-2/h13-14H,5-12H2,1-4H3. The van der Waals surface area contributed by atoms with Crippen molar-refractivity contribution < 1.29 is 35.8 Å². The lowest BCUT2D eigenvalue weighted by atomic mass is 10.2. The number of hydrogen-bond acceptors (Lipinski definition) is 9. The quantitative estimate of drug-likeness (QED) is 0.173. The maximum atomic E-state index is 11.8. The van der Waals surface area contributed by atoms with Crippen LogP contribution in [0, 0.1) is 0 Å². The third kappa shape index (κ3) is 12.5. The van der Waals surface area contributed by atoms with E-state index in [0.717, 1.165) is 12.8 Å². The van der Waals surface area contributed by atoms with E-state index in [9.17, 15) is 18.0 Å². The van der Waals surface area contributed by atoms with Crippen molar-refractivity contribution in [3.63, 3.8) is 0 Å². The third-order valence-corrected chi connectivity index (χ3v) is 5.36. The summed E-state index contributed by atoms with van der Waals surface area (Å²) in [6, 6.07) is 0. The minimum atomic E-state index is -3.75. The molecule has 0 aliphatic carbocycles. The van der Waals surface area contributed by atoms with Gasteiger partial charge in [-0.15, -0.1) is 0 Å². The molecule has 0 aromatic heterocycles. The summed E-state index contributed by atoms with van der Waals surface area (Å²) in [7, 11) is -3.75. The molecule has 0 aliphatic rings. The molecule has 0 N–H and O–H groups in total. The van der Waals surface area contributed by atoms with Crippen LogP contribution >= 0.6 is 12.0 Å². The van der Waals surface area contributed by atoms with E-state index >= 15 is 0 Å². The fourth-order valence-corrected chi connectivity index (χ4v) is 3.68. The smallest absolute Gasteiger partial charge is 0.336 e. The molecule has 26 heavy (non-hydrogen) atoms. The van der Waals surface area contributed by atoms with Gasteiger partial charge in [0.15, 0.2) is 12.2 Å². The molecule has 0 radical (unpaired) electrons. The zero-order valence-corrected chi connectivity index (χ0v) is 17.5. The molecule has 0 amide bonds. The Bertz CT molecular complexity index is 506. The monoisotopic (exact) mass is 414 g/mol. The van der Waals surface area contributed by atoms with Gasteiger partial charge in [0.2, 0.25) is 0 Å². The van der Waals surface area contributed by atoms with E-state index in [1.807, 2.05) is 0 Å². The first-order valence-electron chi connectivity index (χ1n) is 8.76. The van der Waals surface area contributed by atoms with Crippen LogP contribution in [0.1, 0.15) is 53.4 Å². The minimum Gasteiger partial charge on any atom is -0.464 e. The molecule has 8 nitrogen and oxygen atoms in total. The summed E-state index contributed by atoms with van der Waals surface area (Å²) in [5, 5.41) is 0. The lowest BCUT2D eigenvalue weighted by Gasteiger charge is -2.12. The third-order valence-electron chi connectivity index (χ3n) is 3.11. The van der Waals surface area contributed by atoms with E-state index in [1.54, 1.807) is 20.8 Å². The summed E-state index contributed by atoms with van der Waals surface area (Å²) in [4.78, 5) is 22.7. The van der Waals surface area contributed by atoms with Crippen LogP contribution in [0.15, 0.2) is 0 Å². The molecule has 0 spiro atoms. The molecule has 0 heterocycles. The van der Waals surface area contributed by atoms with Crippen LogP contribution in [-0.2, 0) is 37.5 Å². The molecule has 0 fully saturated rings. The van der Waals surface area contributed by atoms with Crippen molar-refractivity contribution in [1.82, 2.24) is 0 Å². The van der Waals surface area contributed by atoms with Crippen LogP contribution in [0.5, 0.6) is 0 Å². The second-order valence-electron chi connectivity index (χ2n) is 5.48. The van der Waals surface area contributed by atoms with Crippen molar-refractivity contribution in [2.75, 3.05) is 24.7 Å². The molecule has 0 rings (SSSR count). The van der Waals surface area contributed by atoms with E-state index in [-0.39, 0.29) is 18.3 Å². The van der Waals surface area contributed by atoms with Crippen molar-refractivity contribution in [2.45, 2.75) is 65.6 Å². The zero-order valence-electron chi connectivity index (χ0n) is 15.9. The number of ether oxygens (including phenoxy) is 2. The van der Waals surface area contributed by atoms with Crippen LogP contribution < -0.4 is 0 Å². The normalized spacial score (nSPS) is 13.8. The number of carbonyl (C=O) groups excluding carboxylic acids is 2. The van der Waals surface area contributed by atoms with Gasteiger partial charge in [-0.1, -0.05) is 12.8 Å². The average Bonchev–Trinajstić information content (AvgIpc) is 2.56. The van der Waals surface area contributed by atoms with Gasteiger partial charge in [0.05, 0.1) is 19.0 Å². The number of hydrogen-bond donors (Lipinski definition) is 0. The highest BCUT2D eigenvalue weighted by atomic mass is 32.2. The fourth-order valence-electron chi connectivity index (χ4n) is 1.81. The van der Waals surface area contributed by atoms with Gasteiger partial charge in [-0.3, -0.25) is 4.18 Å². The maximum absolute atomic E-state index is 11.8. The van der Waals surface area contributed by atoms with Crippen LogP contribution in [-0.4, -0.2) is 57.3 Å². The van der Waals surface area contributed by atoms with E-state index in [2.05, 4.69) is 0 Å². The highest BCUT2D eigenvalue weighted by molar-refractivity contribution is 7.94. The Hall–Kier alpha value is -0.840. The summed E-state index contributed by atoms with van der Waals surface area (Å²) < 4.78 is 43.2. The Morgan fingerprint density at radius 2 is 1.42 bits per heavy atom. The van der Waals surface area contributed by atoms with Crippen LogP contribution in [0.2, 0.25) is 0 Å². The second kappa shape index (κ2) is 14.2. The Balaban J connectivity index is 3.76. The van der Waals surface area contributed by atoms with Gasteiger partial charge in [-0.25, -0.2) is 9.59 Å². The molecular formula is C16H30O8S2. The summed E-state index contributed by atoms with van der Waals surface area (Å²) >= 11 is 1.20. The largest absolute Gasteiger partial charge is 0.464 e. The number of rotatable bonds is 15. The molecule has 154 valence electrons. The number of carbonyl (C=O) groups is 2. The summed E-state index contributed by atoms with van der Waals surface area (Å²) in [6.45, 7) is 6.85. The molecule has 0 saturated heterocycles. The van der Waals surface area contributed by atoms with Gasteiger partial charge >= 0.3 is 11.9 Å². The molecule has 10 heteroatoms.